The van der Waals surface area contributed by atoms with Crippen molar-refractivity contribution >= 4 is 11.6 Å². The second kappa shape index (κ2) is 5.25. The van der Waals surface area contributed by atoms with Crippen molar-refractivity contribution in [1.82, 2.24) is 0 Å². The first-order chi connectivity index (χ1) is 9.76. The molecule has 0 spiro atoms. The van der Waals surface area contributed by atoms with Gasteiger partial charge >= 0.3 is 0 Å². The Bertz CT molecular complexity index is 652. The molecule has 0 saturated heterocycles. The Morgan fingerprint density at radius 2 is 2.00 bits per heavy atom. The fourth-order valence-corrected chi connectivity index (χ4v) is 2.11. The molecule has 1 amide bonds. The van der Waals surface area contributed by atoms with Crippen LogP contribution in [-0.4, -0.2) is 12.7 Å². The number of benzene rings is 2. The van der Waals surface area contributed by atoms with Gasteiger partial charge in [-0.25, -0.2) is 0 Å². The van der Waals surface area contributed by atoms with Gasteiger partial charge in [-0.05, 0) is 42.3 Å². The summed E-state index contributed by atoms with van der Waals surface area (Å²) in [6.45, 7) is 2.29. The molecule has 0 fully saturated rings. The topological polar surface area (TPSA) is 47.6 Å². The lowest BCUT2D eigenvalue weighted by molar-refractivity contribution is 0.102. The molecule has 0 atom stereocenters. The molecule has 4 heteroatoms. The predicted octanol–water partition coefficient (Wildman–Crippen LogP) is 3.23. The van der Waals surface area contributed by atoms with Crippen molar-refractivity contribution in [3.63, 3.8) is 0 Å². The van der Waals surface area contributed by atoms with Gasteiger partial charge in [0.15, 0.2) is 11.5 Å². The lowest BCUT2D eigenvalue weighted by Crippen LogP contribution is -2.11. The number of hydrogen-bond acceptors (Lipinski definition) is 3. The molecule has 0 saturated carbocycles. The summed E-state index contributed by atoms with van der Waals surface area (Å²) in [5.74, 6) is 1.13. The summed E-state index contributed by atoms with van der Waals surface area (Å²) in [6.07, 6.45) is 0.938. The van der Waals surface area contributed by atoms with Crippen LogP contribution in [0.4, 0.5) is 5.69 Å². The van der Waals surface area contributed by atoms with Crippen LogP contribution in [0.1, 0.15) is 22.8 Å². The quantitative estimate of drug-likeness (QED) is 0.930. The molecule has 0 aromatic heterocycles. The monoisotopic (exact) mass is 269 g/mol. The zero-order chi connectivity index (χ0) is 13.9. The van der Waals surface area contributed by atoms with Crippen molar-refractivity contribution in [2.75, 3.05) is 12.1 Å². The summed E-state index contributed by atoms with van der Waals surface area (Å²) >= 11 is 0. The van der Waals surface area contributed by atoms with Gasteiger partial charge in [-0.15, -0.1) is 0 Å². The van der Waals surface area contributed by atoms with Crippen LogP contribution < -0.4 is 14.8 Å². The van der Waals surface area contributed by atoms with Gasteiger partial charge in [-0.3, -0.25) is 4.79 Å². The van der Waals surface area contributed by atoms with E-state index in [4.69, 9.17) is 9.47 Å². The Hall–Kier alpha value is -2.49. The van der Waals surface area contributed by atoms with Crippen LogP contribution in [0.5, 0.6) is 11.5 Å². The van der Waals surface area contributed by atoms with Crippen molar-refractivity contribution < 1.29 is 14.3 Å². The Labute approximate surface area is 117 Å². The van der Waals surface area contributed by atoms with Crippen LogP contribution in [0.3, 0.4) is 0 Å². The minimum Gasteiger partial charge on any atom is -0.454 e. The fraction of sp³-hybridized carbons (Fsp3) is 0.188. The molecule has 0 radical (unpaired) electrons. The van der Waals surface area contributed by atoms with Crippen LogP contribution >= 0.6 is 0 Å². The third kappa shape index (κ3) is 2.45. The number of ether oxygens (including phenoxy) is 2. The van der Waals surface area contributed by atoms with Crippen LogP contribution in [0, 0.1) is 0 Å². The molecule has 20 heavy (non-hydrogen) atoms. The summed E-state index contributed by atoms with van der Waals surface area (Å²) < 4.78 is 10.5. The average molecular weight is 269 g/mol. The van der Waals surface area contributed by atoms with E-state index in [-0.39, 0.29) is 12.7 Å². The molecule has 0 bridgehead atoms. The van der Waals surface area contributed by atoms with Gasteiger partial charge in [-0.2, -0.15) is 0 Å². The molecule has 1 heterocycles. The first-order valence-electron chi connectivity index (χ1n) is 6.56. The maximum Gasteiger partial charge on any atom is 0.255 e. The summed E-state index contributed by atoms with van der Waals surface area (Å²) in [5.41, 5.74) is 2.54. The van der Waals surface area contributed by atoms with Crippen LogP contribution in [0.2, 0.25) is 0 Å². The van der Waals surface area contributed by atoms with Gasteiger partial charge in [-0.1, -0.05) is 19.1 Å². The third-order valence-corrected chi connectivity index (χ3v) is 3.23. The number of aryl methyl sites for hydroxylation is 1. The number of hydrogen-bond donors (Lipinski definition) is 1. The Balaban J connectivity index is 1.79. The predicted molar refractivity (Wildman–Crippen MR) is 76.3 cm³/mol. The molecular formula is C16H15NO3. The largest absolute Gasteiger partial charge is 0.454 e. The molecule has 4 nitrogen and oxygen atoms in total. The van der Waals surface area contributed by atoms with Crippen LogP contribution in [-0.2, 0) is 6.42 Å². The SMILES string of the molecule is CCc1cccc(NC(=O)c2ccc3c(c2)OCO3)c1. The molecule has 0 aliphatic carbocycles. The average Bonchev–Trinajstić information content (AvgIpc) is 2.94. The van der Waals surface area contributed by atoms with E-state index < -0.39 is 0 Å². The summed E-state index contributed by atoms with van der Waals surface area (Å²) in [4.78, 5) is 12.2. The van der Waals surface area contributed by atoms with E-state index in [1.54, 1.807) is 18.2 Å². The highest BCUT2D eigenvalue weighted by Gasteiger charge is 2.16. The molecule has 1 aliphatic heterocycles. The standard InChI is InChI=1S/C16H15NO3/c1-2-11-4-3-5-13(8-11)17-16(18)12-6-7-14-15(9-12)20-10-19-14/h3-9H,2,10H2,1H3,(H,17,18). The lowest BCUT2D eigenvalue weighted by Gasteiger charge is -2.07. The molecule has 1 N–H and O–H groups in total. The molecule has 1 aliphatic rings. The van der Waals surface area contributed by atoms with E-state index in [1.165, 1.54) is 5.56 Å². The molecule has 102 valence electrons. The minimum absolute atomic E-state index is 0.156. The van der Waals surface area contributed by atoms with Crippen molar-refractivity contribution in [2.45, 2.75) is 13.3 Å². The molecule has 0 unspecified atom stereocenters. The summed E-state index contributed by atoms with van der Waals surface area (Å²) in [5, 5.41) is 2.89. The molecule has 2 aromatic carbocycles. The maximum absolute atomic E-state index is 12.2. The van der Waals surface area contributed by atoms with Gasteiger partial charge in [0.25, 0.3) is 5.91 Å². The van der Waals surface area contributed by atoms with Crippen molar-refractivity contribution in [3.05, 3.63) is 53.6 Å². The number of nitrogens with one attached hydrogen (secondary N) is 1. The van der Waals surface area contributed by atoms with Crippen molar-refractivity contribution in [1.29, 1.82) is 0 Å². The van der Waals surface area contributed by atoms with E-state index in [1.807, 2.05) is 24.3 Å². The molecule has 2 aromatic rings. The number of rotatable bonds is 3. The van der Waals surface area contributed by atoms with E-state index >= 15 is 0 Å². The maximum atomic E-state index is 12.2. The van der Waals surface area contributed by atoms with Gasteiger partial charge in [0.05, 0.1) is 0 Å². The van der Waals surface area contributed by atoms with Gasteiger partial charge < -0.3 is 14.8 Å². The zero-order valence-electron chi connectivity index (χ0n) is 11.2. The number of carbonyl (C=O) groups is 1. The Morgan fingerprint density at radius 3 is 2.85 bits per heavy atom. The number of carbonyl (C=O) groups excluding carboxylic acids is 1. The number of anilines is 1. The Kier molecular flexibility index (Phi) is 3.29. The van der Waals surface area contributed by atoms with Gasteiger partial charge in [0.2, 0.25) is 6.79 Å². The lowest BCUT2D eigenvalue weighted by atomic mass is 10.1. The van der Waals surface area contributed by atoms with Gasteiger partial charge in [0, 0.05) is 11.3 Å². The normalized spacial score (nSPS) is 12.2. The zero-order valence-corrected chi connectivity index (χ0v) is 11.2. The third-order valence-electron chi connectivity index (χ3n) is 3.23. The molecular weight excluding hydrogens is 254 g/mol. The number of amides is 1. The molecule has 3 rings (SSSR count). The fourth-order valence-electron chi connectivity index (χ4n) is 2.11. The van der Waals surface area contributed by atoms with Gasteiger partial charge in [0.1, 0.15) is 0 Å². The van der Waals surface area contributed by atoms with Crippen molar-refractivity contribution in [3.8, 4) is 11.5 Å². The first-order valence-corrected chi connectivity index (χ1v) is 6.56. The van der Waals surface area contributed by atoms with E-state index in [2.05, 4.69) is 12.2 Å². The second-order valence-corrected chi connectivity index (χ2v) is 4.58. The summed E-state index contributed by atoms with van der Waals surface area (Å²) in [6, 6.07) is 13.0. The summed E-state index contributed by atoms with van der Waals surface area (Å²) in [7, 11) is 0. The first kappa shape index (κ1) is 12.5. The van der Waals surface area contributed by atoms with Crippen molar-refractivity contribution in [2.24, 2.45) is 0 Å². The highest BCUT2D eigenvalue weighted by molar-refractivity contribution is 6.04. The van der Waals surface area contributed by atoms with E-state index in [9.17, 15) is 4.79 Å². The van der Waals surface area contributed by atoms with Crippen LogP contribution in [0.25, 0.3) is 0 Å². The Morgan fingerprint density at radius 1 is 1.15 bits per heavy atom. The number of fused-ring (bicyclic) bond motifs is 1. The highest BCUT2D eigenvalue weighted by Crippen LogP contribution is 2.32. The second-order valence-electron chi connectivity index (χ2n) is 4.58. The highest BCUT2D eigenvalue weighted by atomic mass is 16.7. The van der Waals surface area contributed by atoms with E-state index in [0.717, 1.165) is 12.1 Å². The van der Waals surface area contributed by atoms with E-state index in [0.29, 0.717) is 17.1 Å². The van der Waals surface area contributed by atoms with Crippen LogP contribution in [0.15, 0.2) is 42.5 Å². The minimum atomic E-state index is -0.156. The smallest absolute Gasteiger partial charge is 0.255 e.